The number of sulfonamides is 1. The first-order chi connectivity index (χ1) is 12.2. The fourth-order valence-corrected chi connectivity index (χ4v) is 4.73. The molecule has 0 aliphatic heterocycles. The van der Waals surface area contributed by atoms with Gasteiger partial charge in [-0.3, -0.25) is 9.52 Å². The number of thiophene rings is 1. The Morgan fingerprint density at radius 2 is 1.88 bits per heavy atom. The Hall–Kier alpha value is -2.85. The van der Waals surface area contributed by atoms with Gasteiger partial charge in [0.05, 0.1) is 4.88 Å². The molecule has 3 N–H and O–H groups in total. The Labute approximate surface area is 153 Å². The van der Waals surface area contributed by atoms with Crippen molar-refractivity contribution in [1.82, 2.24) is 5.16 Å². The Balaban J connectivity index is 1.82. The monoisotopic (exact) mass is 393 g/mol. The van der Waals surface area contributed by atoms with Gasteiger partial charge in [-0.2, -0.15) is 0 Å². The van der Waals surface area contributed by atoms with Crippen LogP contribution in [-0.2, 0) is 10.0 Å². The van der Waals surface area contributed by atoms with Gasteiger partial charge in [-0.25, -0.2) is 8.42 Å². The van der Waals surface area contributed by atoms with Crippen LogP contribution < -0.4 is 10.0 Å². The molecular weight excluding hydrogens is 378 g/mol. The lowest BCUT2D eigenvalue weighted by Gasteiger charge is -2.07. The van der Waals surface area contributed by atoms with E-state index in [1.54, 1.807) is 19.9 Å². The molecule has 26 heavy (non-hydrogen) atoms. The largest absolute Gasteiger partial charge is 0.508 e. The van der Waals surface area contributed by atoms with Crippen molar-refractivity contribution in [2.24, 2.45) is 0 Å². The summed E-state index contributed by atoms with van der Waals surface area (Å²) in [6.45, 7) is 3.31. The van der Waals surface area contributed by atoms with Crippen molar-refractivity contribution < 1.29 is 22.8 Å². The number of nitrogens with zero attached hydrogens (tertiary/aromatic N) is 1. The number of aromatic hydroxyl groups is 1. The third-order valence-corrected chi connectivity index (χ3v) is 6.06. The molecule has 1 aromatic carbocycles. The number of hydrogen-bond donors (Lipinski definition) is 3. The molecule has 0 radical (unpaired) electrons. The minimum absolute atomic E-state index is 0.0112. The summed E-state index contributed by atoms with van der Waals surface area (Å²) in [5.74, 6) is 0.355. The fraction of sp³-hybridized carbons (Fsp3) is 0.125. The lowest BCUT2D eigenvalue weighted by Crippen LogP contribution is -2.13. The molecule has 0 spiro atoms. The summed E-state index contributed by atoms with van der Waals surface area (Å²) in [6.07, 6.45) is 0. The number of rotatable bonds is 5. The van der Waals surface area contributed by atoms with Crippen LogP contribution >= 0.6 is 11.3 Å². The molecule has 0 fully saturated rings. The smallest absolute Gasteiger partial charge is 0.267 e. The second kappa shape index (κ2) is 6.81. The Bertz CT molecular complexity index is 1050. The molecule has 1 amide bonds. The molecule has 3 rings (SSSR count). The topological polar surface area (TPSA) is 122 Å². The highest BCUT2D eigenvalue weighted by molar-refractivity contribution is 7.93. The number of amides is 1. The van der Waals surface area contributed by atoms with Crippen molar-refractivity contribution in [2.45, 2.75) is 18.7 Å². The fourth-order valence-electron chi connectivity index (χ4n) is 2.19. The van der Waals surface area contributed by atoms with Crippen LogP contribution in [-0.4, -0.2) is 24.6 Å². The second-order valence-corrected chi connectivity index (χ2v) is 8.37. The number of carbonyl (C=O) groups excluding carboxylic acids is 1. The van der Waals surface area contributed by atoms with Crippen LogP contribution in [0.2, 0.25) is 0 Å². The first-order valence-electron chi connectivity index (χ1n) is 7.41. The summed E-state index contributed by atoms with van der Waals surface area (Å²) in [5, 5.41) is 15.5. The highest BCUT2D eigenvalue weighted by atomic mass is 32.2. The Morgan fingerprint density at radius 3 is 2.50 bits per heavy atom. The van der Waals surface area contributed by atoms with E-state index in [2.05, 4.69) is 15.2 Å². The summed E-state index contributed by atoms with van der Waals surface area (Å²) in [4.78, 5) is 13.0. The summed E-state index contributed by atoms with van der Waals surface area (Å²) < 4.78 is 32.4. The third kappa shape index (κ3) is 3.86. The van der Waals surface area contributed by atoms with Crippen molar-refractivity contribution >= 4 is 38.8 Å². The average Bonchev–Trinajstić information content (AvgIpc) is 3.15. The molecule has 0 atom stereocenters. The maximum absolute atomic E-state index is 12.6. The van der Waals surface area contributed by atoms with Crippen LogP contribution in [0, 0.1) is 13.8 Å². The van der Waals surface area contributed by atoms with Gasteiger partial charge < -0.3 is 14.9 Å². The predicted molar refractivity (Wildman–Crippen MR) is 97.2 cm³/mol. The highest BCUT2D eigenvalue weighted by Crippen LogP contribution is 2.28. The standard InChI is InChI=1S/C16H15N3O5S2/c1-9-7-15(18-24-9)17-16(21)13-8-14(10(2)25-13)26(22,23)19-11-3-5-12(20)6-4-11/h3-8,19-20H,1-2H3,(H,17,18,21). The van der Waals surface area contributed by atoms with Gasteiger partial charge in [0, 0.05) is 16.6 Å². The number of phenols is 1. The van der Waals surface area contributed by atoms with Crippen molar-refractivity contribution in [3.63, 3.8) is 0 Å². The molecule has 0 bridgehead atoms. The molecule has 0 saturated carbocycles. The molecule has 3 aromatic rings. The van der Waals surface area contributed by atoms with Crippen LogP contribution in [0.4, 0.5) is 11.5 Å². The number of nitrogens with one attached hydrogen (secondary N) is 2. The molecule has 0 saturated heterocycles. The molecule has 0 aliphatic carbocycles. The molecule has 0 unspecified atom stereocenters. The van der Waals surface area contributed by atoms with E-state index < -0.39 is 15.9 Å². The van der Waals surface area contributed by atoms with Crippen LogP contribution in [0.15, 0.2) is 45.8 Å². The van der Waals surface area contributed by atoms with Crippen LogP contribution in [0.3, 0.4) is 0 Å². The van der Waals surface area contributed by atoms with E-state index in [0.29, 0.717) is 16.3 Å². The number of aromatic nitrogens is 1. The molecular formula is C16H15N3O5S2. The van der Waals surface area contributed by atoms with E-state index in [-0.39, 0.29) is 21.3 Å². The lowest BCUT2D eigenvalue weighted by molar-refractivity contribution is 0.102. The van der Waals surface area contributed by atoms with E-state index in [0.717, 1.165) is 11.3 Å². The lowest BCUT2D eigenvalue weighted by atomic mass is 10.3. The Morgan fingerprint density at radius 1 is 1.19 bits per heavy atom. The van der Waals surface area contributed by atoms with Crippen molar-refractivity contribution in [1.29, 1.82) is 0 Å². The summed E-state index contributed by atoms with van der Waals surface area (Å²) in [5.41, 5.74) is 0.303. The maximum atomic E-state index is 12.6. The number of carbonyl (C=O) groups is 1. The number of phenolic OH excluding ortho intramolecular Hbond substituents is 1. The van der Waals surface area contributed by atoms with Gasteiger partial charge in [0.1, 0.15) is 16.4 Å². The van der Waals surface area contributed by atoms with E-state index in [9.17, 15) is 18.3 Å². The van der Waals surface area contributed by atoms with Crippen LogP contribution in [0.1, 0.15) is 20.3 Å². The number of benzene rings is 1. The van der Waals surface area contributed by atoms with Gasteiger partial charge in [0.25, 0.3) is 15.9 Å². The molecule has 0 aliphatic rings. The normalized spacial score (nSPS) is 11.3. The van der Waals surface area contributed by atoms with Crippen molar-refractivity contribution in [3.05, 3.63) is 51.9 Å². The number of aryl methyl sites for hydroxylation is 2. The van der Waals surface area contributed by atoms with Crippen molar-refractivity contribution in [2.75, 3.05) is 10.0 Å². The SMILES string of the molecule is Cc1cc(NC(=O)c2cc(S(=O)(=O)Nc3ccc(O)cc3)c(C)s2)no1. The maximum Gasteiger partial charge on any atom is 0.267 e. The zero-order chi connectivity index (χ0) is 18.9. The first kappa shape index (κ1) is 18.0. The average molecular weight is 393 g/mol. The zero-order valence-corrected chi connectivity index (χ0v) is 15.4. The molecule has 8 nitrogen and oxygen atoms in total. The quantitative estimate of drug-likeness (QED) is 0.573. The molecule has 2 heterocycles. The van der Waals surface area contributed by atoms with Crippen molar-refractivity contribution in [3.8, 4) is 5.75 Å². The van der Waals surface area contributed by atoms with Gasteiger partial charge >= 0.3 is 0 Å². The minimum Gasteiger partial charge on any atom is -0.508 e. The zero-order valence-electron chi connectivity index (χ0n) is 13.8. The van der Waals surface area contributed by atoms with E-state index in [1.165, 1.54) is 30.3 Å². The van der Waals surface area contributed by atoms with Gasteiger partial charge in [-0.05, 0) is 44.2 Å². The predicted octanol–water partition coefficient (Wildman–Crippen LogP) is 3.11. The van der Waals surface area contributed by atoms with E-state index >= 15 is 0 Å². The first-order valence-corrected chi connectivity index (χ1v) is 9.71. The van der Waals surface area contributed by atoms with Crippen LogP contribution in [0.5, 0.6) is 5.75 Å². The molecule has 2 aromatic heterocycles. The summed E-state index contributed by atoms with van der Waals surface area (Å²) in [6, 6.07) is 8.49. The van der Waals surface area contributed by atoms with E-state index in [1.807, 2.05) is 0 Å². The number of hydrogen-bond acceptors (Lipinski definition) is 7. The highest BCUT2D eigenvalue weighted by Gasteiger charge is 2.23. The number of anilines is 2. The van der Waals surface area contributed by atoms with Gasteiger partial charge in [0.15, 0.2) is 5.82 Å². The summed E-state index contributed by atoms with van der Waals surface area (Å²) in [7, 11) is -3.87. The second-order valence-electron chi connectivity index (χ2n) is 5.46. The third-order valence-electron chi connectivity index (χ3n) is 3.37. The minimum atomic E-state index is -3.87. The molecule has 136 valence electrons. The van der Waals surface area contributed by atoms with Gasteiger partial charge in [-0.15, -0.1) is 11.3 Å². The molecule has 10 heteroatoms. The van der Waals surface area contributed by atoms with E-state index in [4.69, 9.17) is 4.52 Å². The Kier molecular flexibility index (Phi) is 4.70. The van der Waals surface area contributed by atoms with Gasteiger partial charge in [0.2, 0.25) is 0 Å². The van der Waals surface area contributed by atoms with Gasteiger partial charge in [-0.1, -0.05) is 5.16 Å². The van der Waals surface area contributed by atoms with Crippen LogP contribution in [0.25, 0.3) is 0 Å². The summed E-state index contributed by atoms with van der Waals surface area (Å²) >= 11 is 1.06.